The maximum atomic E-state index is 11.1. The van der Waals surface area contributed by atoms with Crippen molar-refractivity contribution in [3.05, 3.63) is 11.6 Å². The first-order chi connectivity index (χ1) is 7.43. The van der Waals surface area contributed by atoms with Crippen LogP contribution in [0.25, 0.3) is 0 Å². The van der Waals surface area contributed by atoms with E-state index < -0.39 is 17.4 Å². The lowest BCUT2D eigenvalue weighted by atomic mass is 9.72. The molecule has 0 spiro atoms. The van der Waals surface area contributed by atoms with Gasteiger partial charge in [0.2, 0.25) is 0 Å². The smallest absolute Gasteiger partial charge is 0.332 e. The molecule has 4 nitrogen and oxygen atoms in total. The first-order valence-electron chi connectivity index (χ1n) is 5.61. The number of aliphatic carboxylic acids is 2. The van der Waals surface area contributed by atoms with E-state index in [2.05, 4.69) is 0 Å². The Morgan fingerprint density at radius 2 is 1.62 bits per heavy atom. The van der Waals surface area contributed by atoms with Crippen LogP contribution in [0.15, 0.2) is 11.6 Å². The summed E-state index contributed by atoms with van der Waals surface area (Å²) in [4.78, 5) is 21.8. The zero-order chi connectivity index (χ0) is 12.8. The maximum absolute atomic E-state index is 11.1. The van der Waals surface area contributed by atoms with E-state index in [4.69, 9.17) is 10.2 Å². The molecule has 0 aliphatic heterocycles. The molecular weight excluding hydrogens is 208 g/mol. The number of rotatable bonds is 7. The van der Waals surface area contributed by atoms with Gasteiger partial charge in [-0.3, -0.25) is 0 Å². The summed E-state index contributed by atoms with van der Waals surface area (Å²) in [5.41, 5.74) is -0.495. The summed E-state index contributed by atoms with van der Waals surface area (Å²) >= 11 is 0. The van der Waals surface area contributed by atoms with E-state index in [1.165, 1.54) is 0 Å². The fraction of sp³-hybridized carbons (Fsp3) is 0.667. The van der Waals surface area contributed by atoms with Crippen molar-refractivity contribution >= 4 is 11.9 Å². The second kappa shape index (κ2) is 6.30. The number of carboxylic acids is 2. The Kier molecular flexibility index (Phi) is 5.78. The van der Waals surface area contributed by atoms with Gasteiger partial charge in [-0.15, -0.1) is 0 Å². The van der Waals surface area contributed by atoms with Crippen molar-refractivity contribution in [3.63, 3.8) is 0 Å². The van der Waals surface area contributed by atoms with Gasteiger partial charge in [-0.1, -0.05) is 27.2 Å². The van der Waals surface area contributed by atoms with Crippen LogP contribution in [0, 0.1) is 5.41 Å². The molecule has 0 rings (SSSR count). The molecule has 0 bridgehead atoms. The van der Waals surface area contributed by atoms with E-state index in [0.29, 0.717) is 19.3 Å². The Bertz CT molecular complexity index is 287. The van der Waals surface area contributed by atoms with Crippen molar-refractivity contribution in [3.8, 4) is 0 Å². The highest BCUT2D eigenvalue weighted by Gasteiger charge is 2.34. The van der Waals surface area contributed by atoms with E-state index in [1.807, 2.05) is 20.8 Å². The van der Waals surface area contributed by atoms with E-state index >= 15 is 0 Å². The molecule has 0 aromatic heterocycles. The predicted octanol–water partition coefficient (Wildman–Crippen LogP) is 2.69. The van der Waals surface area contributed by atoms with Gasteiger partial charge in [0.25, 0.3) is 0 Å². The normalized spacial score (nSPS) is 12.6. The topological polar surface area (TPSA) is 74.6 Å². The molecule has 0 aromatic carbocycles. The van der Waals surface area contributed by atoms with Gasteiger partial charge < -0.3 is 10.2 Å². The van der Waals surface area contributed by atoms with Gasteiger partial charge in [0.15, 0.2) is 0 Å². The summed E-state index contributed by atoms with van der Waals surface area (Å²) in [5, 5.41) is 17.8. The zero-order valence-electron chi connectivity index (χ0n) is 10.1. The van der Waals surface area contributed by atoms with Crippen LogP contribution in [0.1, 0.15) is 46.5 Å². The SMILES string of the molecule is CCCC(CC)(CC)/C(=C/C(=O)O)C(=O)O. The Labute approximate surface area is 96.0 Å². The highest BCUT2D eigenvalue weighted by atomic mass is 16.4. The molecule has 0 aliphatic rings. The monoisotopic (exact) mass is 228 g/mol. The summed E-state index contributed by atoms with van der Waals surface area (Å²) in [6, 6.07) is 0. The minimum atomic E-state index is -1.19. The Balaban J connectivity index is 5.42. The third-order valence-electron chi connectivity index (χ3n) is 3.15. The molecule has 0 atom stereocenters. The average Bonchev–Trinajstić information content (AvgIpc) is 2.22. The van der Waals surface area contributed by atoms with Crippen molar-refractivity contribution in [1.29, 1.82) is 0 Å². The number of carbonyl (C=O) groups is 2. The van der Waals surface area contributed by atoms with Crippen LogP contribution >= 0.6 is 0 Å². The predicted molar refractivity (Wildman–Crippen MR) is 61.3 cm³/mol. The molecule has 0 amide bonds. The number of hydrogen-bond acceptors (Lipinski definition) is 2. The fourth-order valence-electron chi connectivity index (χ4n) is 2.16. The fourth-order valence-corrected chi connectivity index (χ4v) is 2.16. The summed E-state index contributed by atoms with van der Waals surface area (Å²) in [7, 11) is 0. The van der Waals surface area contributed by atoms with E-state index in [-0.39, 0.29) is 5.57 Å². The molecule has 0 radical (unpaired) electrons. The number of hydrogen-bond donors (Lipinski definition) is 2. The molecule has 0 saturated heterocycles. The van der Waals surface area contributed by atoms with Gasteiger partial charge in [-0.05, 0) is 19.3 Å². The summed E-state index contributed by atoms with van der Waals surface area (Å²) in [5.74, 6) is -2.32. The largest absolute Gasteiger partial charge is 0.478 e. The zero-order valence-corrected chi connectivity index (χ0v) is 10.1. The quantitative estimate of drug-likeness (QED) is 0.657. The lowest BCUT2D eigenvalue weighted by molar-refractivity contribution is -0.136. The van der Waals surface area contributed by atoms with Gasteiger partial charge in [-0.25, -0.2) is 9.59 Å². The standard InChI is InChI=1S/C12H20O4/c1-4-7-12(5-2,6-3)9(11(15)16)8-10(13)14/h8H,4-7H2,1-3H3,(H,13,14)(H,15,16)/b9-8+. The lowest BCUT2D eigenvalue weighted by Crippen LogP contribution is -2.27. The third kappa shape index (κ3) is 3.36. The second-order valence-corrected chi connectivity index (χ2v) is 3.94. The van der Waals surface area contributed by atoms with Crippen LogP contribution in [0.4, 0.5) is 0 Å². The maximum Gasteiger partial charge on any atom is 0.332 e. The molecule has 4 heteroatoms. The van der Waals surface area contributed by atoms with Gasteiger partial charge in [-0.2, -0.15) is 0 Å². The highest BCUT2D eigenvalue weighted by Crippen LogP contribution is 2.39. The molecule has 16 heavy (non-hydrogen) atoms. The molecular formula is C12H20O4. The van der Waals surface area contributed by atoms with Crippen molar-refractivity contribution < 1.29 is 19.8 Å². The van der Waals surface area contributed by atoms with Crippen molar-refractivity contribution in [2.75, 3.05) is 0 Å². The molecule has 0 aromatic rings. The molecule has 92 valence electrons. The van der Waals surface area contributed by atoms with Crippen molar-refractivity contribution in [1.82, 2.24) is 0 Å². The first-order valence-corrected chi connectivity index (χ1v) is 5.61. The summed E-state index contributed by atoms with van der Waals surface area (Å²) < 4.78 is 0. The molecule has 0 aliphatic carbocycles. The molecule has 0 saturated carbocycles. The van der Waals surface area contributed by atoms with Crippen LogP contribution in [0.3, 0.4) is 0 Å². The van der Waals surface area contributed by atoms with Crippen LogP contribution < -0.4 is 0 Å². The van der Waals surface area contributed by atoms with Gasteiger partial charge >= 0.3 is 11.9 Å². The van der Waals surface area contributed by atoms with Crippen LogP contribution in [-0.4, -0.2) is 22.2 Å². The van der Waals surface area contributed by atoms with Gasteiger partial charge in [0.1, 0.15) is 0 Å². The lowest BCUT2D eigenvalue weighted by Gasteiger charge is -2.32. The third-order valence-corrected chi connectivity index (χ3v) is 3.15. The van der Waals surface area contributed by atoms with Crippen LogP contribution in [0.2, 0.25) is 0 Å². The minimum Gasteiger partial charge on any atom is -0.478 e. The van der Waals surface area contributed by atoms with Crippen LogP contribution in [-0.2, 0) is 9.59 Å². The van der Waals surface area contributed by atoms with Gasteiger partial charge in [0.05, 0.1) is 5.57 Å². The Morgan fingerprint density at radius 3 is 1.88 bits per heavy atom. The molecule has 2 N–H and O–H groups in total. The Morgan fingerprint density at radius 1 is 1.12 bits per heavy atom. The Hall–Kier alpha value is -1.32. The summed E-state index contributed by atoms with van der Waals surface area (Å²) in [6.45, 7) is 5.77. The number of carboxylic acid groups (broad SMARTS) is 2. The van der Waals surface area contributed by atoms with Crippen molar-refractivity contribution in [2.45, 2.75) is 46.5 Å². The van der Waals surface area contributed by atoms with E-state index in [0.717, 1.165) is 12.5 Å². The van der Waals surface area contributed by atoms with Gasteiger partial charge in [0, 0.05) is 11.5 Å². The van der Waals surface area contributed by atoms with E-state index in [9.17, 15) is 9.59 Å². The summed E-state index contributed by atoms with van der Waals surface area (Å²) in [6.07, 6.45) is 3.66. The minimum absolute atomic E-state index is 0.0202. The molecule has 0 heterocycles. The average molecular weight is 228 g/mol. The van der Waals surface area contributed by atoms with Crippen LogP contribution in [0.5, 0.6) is 0 Å². The first kappa shape index (κ1) is 14.7. The van der Waals surface area contributed by atoms with E-state index in [1.54, 1.807) is 0 Å². The molecule has 0 unspecified atom stereocenters. The van der Waals surface area contributed by atoms with Crippen molar-refractivity contribution in [2.24, 2.45) is 5.41 Å². The highest BCUT2D eigenvalue weighted by molar-refractivity contribution is 5.95. The molecule has 0 fully saturated rings. The second-order valence-electron chi connectivity index (χ2n) is 3.94.